The van der Waals surface area contributed by atoms with Gasteiger partial charge in [-0.15, -0.1) is 0 Å². The summed E-state index contributed by atoms with van der Waals surface area (Å²) in [6.07, 6.45) is 3.02. The van der Waals surface area contributed by atoms with E-state index in [2.05, 4.69) is 6.07 Å². The molecule has 5 aliphatic rings. The zero-order valence-corrected chi connectivity index (χ0v) is 26.2. The zero-order chi connectivity index (χ0) is 33.0. The number of Topliss-reactive ketones (excluding diaryl/α,β-unsaturated/α-hetero) is 4. The summed E-state index contributed by atoms with van der Waals surface area (Å²) in [7, 11) is 4.45. The van der Waals surface area contributed by atoms with E-state index in [1.54, 1.807) is 24.9 Å². The fourth-order valence-corrected chi connectivity index (χ4v) is 7.71. The first-order valence-electron chi connectivity index (χ1n) is 15.0. The van der Waals surface area contributed by atoms with Crippen LogP contribution in [0.25, 0.3) is 6.08 Å². The second kappa shape index (κ2) is 11.8. The van der Waals surface area contributed by atoms with E-state index < -0.39 is 53.5 Å². The highest BCUT2D eigenvalue weighted by atomic mass is 16.5. The van der Waals surface area contributed by atoms with Gasteiger partial charge in [0.25, 0.3) is 0 Å². The highest BCUT2D eigenvalue weighted by molar-refractivity contribution is 6.26. The van der Waals surface area contributed by atoms with Crippen LogP contribution in [0.1, 0.15) is 32.3 Å². The highest BCUT2D eigenvalue weighted by Crippen LogP contribution is 2.49. The Bertz CT molecular complexity index is 1790. The number of carbonyl (C=O) groups excluding carboxylic acids is 5. The van der Waals surface area contributed by atoms with Gasteiger partial charge >= 0.3 is 5.97 Å². The number of methoxy groups -OCH3 is 2. The van der Waals surface area contributed by atoms with Gasteiger partial charge < -0.3 is 14.2 Å². The van der Waals surface area contributed by atoms with E-state index in [0.29, 0.717) is 5.57 Å². The Balaban J connectivity index is 1.46. The Hall–Kier alpha value is -4.92. The van der Waals surface area contributed by atoms with Crippen molar-refractivity contribution in [1.29, 1.82) is 5.26 Å². The van der Waals surface area contributed by atoms with Gasteiger partial charge in [0.05, 0.1) is 32.4 Å². The van der Waals surface area contributed by atoms with Crippen molar-refractivity contribution >= 4 is 35.2 Å². The minimum absolute atomic E-state index is 0.0236. The third-order valence-corrected chi connectivity index (χ3v) is 9.81. The van der Waals surface area contributed by atoms with Gasteiger partial charge in [0.2, 0.25) is 11.6 Å². The van der Waals surface area contributed by atoms with Crippen LogP contribution in [-0.4, -0.2) is 97.0 Å². The first kappa shape index (κ1) is 31.1. The molecule has 3 aliphatic heterocycles. The number of likely N-dealkylation sites (N-methyl/N-ethyl adjacent to an activating group) is 1. The molecule has 0 N–H and O–H groups in total. The van der Waals surface area contributed by atoms with Gasteiger partial charge in [0.1, 0.15) is 12.6 Å². The fraction of sp³-hybridized carbons (Fsp3) is 0.371. The van der Waals surface area contributed by atoms with Crippen LogP contribution < -0.4 is 0 Å². The van der Waals surface area contributed by atoms with E-state index >= 15 is 0 Å². The van der Waals surface area contributed by atoms with Gasteiger partial charge in [0.15, 0.2) is 23.1 Å². The van der Waals surface area contributed by atoms with E-state index in [1.807, 2.05) is 35.2 Å². The topological polar surface area (TPSA) is 143 Å². The number of benzene rings is 1. The number of hydrogen-bond acceptors (Lipinski definition) is 11. The molecule has 0 aromatic heterocycles. The van der Waals surface area contributed by atoms with Crippen LogP contribution in [0, 0.1) is 11.3 Å². The monoisotopic (exact) mass is 623 g/mol. The van der Waals surface area contributed by atoms with Crippen molar-refractivity contribution in [2.24, 2.45) is 0 Å². The molecule has 1 saturated heterocycles. The molecule has 236 valence electrons. The van der Waals surface area contributed by atoms with Crippen LogP contribution in [0.3, 0.4) is 0 Å². The van der Waals surface area contributed by atoms with Crippen molar-refractivity contribution in [2.75, 3.05) is 27.9 Å². The number of fused-ring (bicyclic) bond motifs is 5. The number of esters is 1. The molecule has 11 nitrogen and oxygen atoms in total. The van der Waals surface area contributed by atoms with Crippen molar-refractivity contribution in [3.05, 3.63) is 86.9 Å². The summed E-state index contributed by atoms with van der Waals surface area (Å²) in [6, 6.07) is 7.72. The summed E-state index contributed by atoms with van der Waals surface area (Å²) >= 11 is 0. The lowest BCUT2D eigenvalue weighted by atomic mass is 9.67. The molecule has 1 aromatic carbocycles. The van der Waals surface area contributed by atoms with Gasteiger partial charge in [-0.25, -0.2) is 4.79 Å². The number of piperazine rings is 1. The third kappa shape index (κ3) is 4.59. The first-order chi connectivity index (χ1) is 22.0. The number of ketones is 4. The van der Waals surface area contributed by atoms with Crippen LogP contribution in [0.4, 0.5) is 0 Å². The molecule has 2 aliphatic carbocycles. The highest BCUT2D eigenvalue weighted by Gasteiger charge is 2.60. The molecule has 0 radical (unpaired) electrons. The predicted octanol–water partition coefficient (Wildman–Crippen LogP) is 2.40. The van der Waals surface area contributed by atoms with Crippen LogP contribution in [-0.2, 0) is 38.2 Å². The van der Waals surface area contributed by atoms with E-state index in [0.717, 1.165) is 5.56 Å². The lowest BCUT2D eigenvalue weighted by molar-refractivity contribution is -0.142. The molecule has 11 heteroatoms. The van der Waals surface area contributed by atoms with Gasteiger partial charge in [-0.2, -0.15) is 5.26 Å². The molecule has 0 spiro atoms. The summed E-state index contributed by atoms with van der Waals surface area (Å²) in [6.45, 7) is 2.72. The number of nitrogens with zero attached hydrogens (tertiary/aromatic N) is 3. The lowest BCUT2D eigenvalue weighted by Crippen LogP contribution is -2.74. The molecule has 6 rings (SSSR count). The Morgan fingerprint density at radius 1 is 0.891 bits per heavy atom. The minimum Gasteiger partial charge on any atom is -0.492 e. The average Bonchev–Trinajstić information content (AvgIpc) is 3.05. The largest absolute Gasteiger partial charge is 0.492 e. The van der Waals surface area contributed by atoms with Crippen LogP contribution >= 0.6 is 0 Å². The number of allylic oxidation sites excluding steroid dienone is 4. The number of rotatable bonds is 6. The molecule has 0 unspecified atom stereocenters. The van der Waals surface area contributed by atoms with E-state index in [1.165, 1.54) is 27.2 Å². The van der Waals surface area contributed by atoms with Crippen molar-refractivity contribution in [3.8, 4) is 6.07 Å². The van der Waals surface area contributed by atoms with Gasteiger partial charge in [-0.3, -0.25) is 29.0 Å². The molecular weight excluding hydrogens is 590 g/mol. The van der Waals surface area contributed by atoms with Crippen LogP contribution in [0.15, 0.2) is 81.4 Å². The molecule has 0 saturated carbocycles. The minimum atomic E-state index is -1.00. The second-order valence-electron chi connectivity index (χ2n) is 12.0. The van der Waals surface area contributed by atoms with Crippen molar-refractivity contribution < 1.29 is 38.2 Å². The Morgan fingerprint density at radius 2 is 1.46 bits per heavy atom. The molecule has 5 atom stereocenters. The van der Waals surface area contributed by atoms with Gasteiger partial charge in [-0.1, -0.05) is 30.3 Å². The van der Waals surface area contributed by atoms with Gasteiger partial charge in [-0.05, 0) is 45.4 Å². The molecule has 0 amide bonds. The smallest absolute Gasteiger partial charge is 0.330 e. The number of hydrogen-bond donors (Lipinski definition) is 0. The maximum absolute atomic E-state index is 13.9. The van der Waals surface area contributed by atoms with Gasteiger partial charge in [0, 0.05) is 51.6 Å². The molecule has 3 heterocycles. The molecule has 46 heavy (non-hydrogen) atoms. The number of carbonyl (C=O) groups is 5. The summed E-state index contributed by atoms with van der Waals surface area (Å²) in [5.74, 6) is -2.45. The predicted molar refractivity (Wildman–Crippen MR) is 163 cm³/mol. The van der Waals surface area contributed by atoms with Crippen molar-refractivity contribution in [2.45, 2.75) is 56.9 Å². The van der Waals surface area contributed by atoms with E-state index in [9.17, 15) is 29.2 Å². The van der Waals surface area contributed by atoms with E-state index in [-0.39, 0.29) is 64.6 Å². The molecule has 1 aromatic rings. The Labute approximate surface area is 266 Å². The average molecular weight is 624 g/mol. The quantitative estimate of drug-likeness (QED) is 0.262. The maximum Gasteiger partial charge on any atom is 0.330 e. The SMILES string of the molecule is COC1=C(C)C(=O)C2=C(C1=O)[C@@H]1[C@@H]3CC4=C(C(=O)C(OC)=C(C)C4=O)[C@H](COC(=O)/C=C/c4ccccc4)N3[C@@H](C#N)[C@H](C2)N1C. The molecule has 1 fully saturated rings. The summed E-state index contributed by atoms with van der Waals surface area (Å²) in [5, 5.41) is 10.6. The summed E-state index contributed by atoms with van der Waals surface area (Å²) < 4.78 is 16.5. The van der Waals surface area contributed by atoms with E-state index in [4.69, 9.17) is 14.2 Å². The van der Waals surface area contributed by atoms with Crippen molar-refractivity contribution in [1.82, 2.24) is 9.80 Å². The van der Waals surface area contributed by atoms with Crippen molar-refractivity contribution in [3.63, 3.8) is 0 Å². The normalized spacial score (nSPS) is 28.3. The molecule has 2 bridgehead atoms. The fourth-order valence-electron chi connectivity index (χ4n) is 7.71. The third-order valence-electron chi connectivity index (χ3n) is 9.81. The second-order valence-corrected chi connectivity index (χ2v) is 12.0. The first-order valence-corrected chi connectivity index (χ1v) is 15.0. The Kier molecular flexibility index (Phi) is 7.96. The Morgan fingerprint density at radius 3 is 2.04 bits per heavy atom. The zero-order valence-electron chi connectivity index (χ0n) is 26.2. The van der Waals surface area contributed by atoms with Crippen LogP contribution in [0.2, 0.25) is 0 Å². The summed E-state index contributed by atoms with van der Waals surface area (Å²) in [5.41, 5.74) is 2.08. The standard InChI is InChI=1S/C35H33N3O8/c1-17-30(40)20-14-23-29-28-21(31(41)18(2)35(45-5)33(28)43)13-22(37(29)3)24(15-36)38(23)25(27(20)32(42)34(17)44-4)16-46-26(39)12-11-19-9-7-6-8-10-19/h6-12,22-25,29H,13-14,16H2,1-5H3/b12-11+/t22-,23-,24-,25-,29-/m0/s1. The number of nitriles is 1. The molecular formula is C35H33N3O8. The lowest BCUT2D eigenvalue weighted by Gasteiger charge is -2.60. The maximum atomic E-state index is 13.9. The number of ether oxygens (including phenoxy) is 3. The summed E-state index contributed by atoms with van der Waals surface area (Å²) in [4.78, 5) is 71.9. The van der Waals surface area contributed by atoms with Crippen LogP contribution in [0.5, 0.6) is 0 Å².